The lowest BCUT2D eigenvalue weighted by Crippen LogP contribution is -2.40. The Bertz CT molecular complexity index is 863. The summed E-state index contributed by atoms with van der Waals surface area (Å²) < 4.78 is 0. The van der Waals surface area contributed by atoms with E-state index in [0.29, 0.717) is 12.3 Å². The van der Waals surface area contributed by atoms with Crippen LogP contribution >= 0.6 is 0 Å². The van der Waals surface area contributed by atoms with E-state index in [4.69, 9.17) is 0 Å². The summed E-state index contributed by atoms with van der Waals surface area (Å²) in [6, 6.07) is 18.8. The monoisotopic (exact) mass is 332 g/mol. The van der Waals surface area contributed by atoms with Crippen LogP contribution in [0.15, 0.2) is 54.6 Å². The predicted molar refractivity (Wildman–Crippen MR) is 102 cm³/mol. The zero-order valence-electron chi connectivity index (χ0n) is 14.7. The quantitative estimate of drug-likeness (QED) is 0.757. The number of benzene rings is 2. The molecule has 1 aromatic heterocycles. The molecule has 2 heterocycles. The highest BCUT2D eigenvalue weighted by Crippen LogP contribution is 2.29. The van der Waals surface area contributed by atoms with Crippen LogP contribution in [0.5, 0.6) is 0 Å². The number of hydrogen-bond donors (Lipinski definition) is 1. The number of para-hydroxylation sites is 1. The molecule has 0 bridgehead atoms. The van der Waals surface area contributed by atoms with Crippen LogP contribution in [0.3, 0.4) is 0 Å². The third-order valence-corrected chi connectivity index (χ3v) is 5.37. The van der Waals surface area contributed by atoms with Crippen LogP contribution in [0, 0.1) is 6.92 Å². The molecule has 1 aliphatic rings. The number of amides is 1. The minimum atomic E-state index is 0.245. The van der Waals surface area contributed by atoms with Crippen molar-refractivity contribution < 1.29 is 4.79 Å². The fourth-order valence-corrected chi connectivity index (χ4v) is 3.86. The molecule has 1 fully saturated rings. The summed E-state index contributed by atoms with van der Waals surface area (Å²) in [5.41, 5.74) is 4.77. The molecule has 1 N–H and O–H groups in total. The second-order valence-electron chi connectivity index (χ2n) is 7.09. The summed E-state index contributed by atoms with van der Waals surface area (Å²) in [4.78, 5) is 18.4. The van der Waals surface area contributed by atoms with Gasteiger partial charge in [0.1, 0.15) is 0 Å². The predicted octanol–water partition coefficient (Wildman–Crippen LogP) is 4.43. The van der Waals surface area contributed by atoms with Gasteiger partial charge in [-0.3, -0.25) is 4.79 Å². The summed E-state index contributed by atoms with van der Waals surface area (Å²) in [6.45, 7) is 3.77. The smallest absolute Gasteiger partial charge is 0.227 e. The number of aryl methyl sites for hydroxylation is 1. The number of carbonyl (C=O) groups is 1. The number of likely N-dealkylation sites (tertiary alicyclic amines) is 1. The van der Waals surface area contributed by atoms with Crippen molar-refractivity contribution >= 4 is 16.8 Å². The van der Waals surface area contributed by atoms with Crippen LogP contribution in [0.25, 0.3) is 10.9 Å². The lowest BCUT2D eigenvalue weighted by molar-refractivity contribution is -0.131. The summed E-state index contributed by atoms with van der Waals surface area (Å²) in [5.74, 6) is 0.650. The summed E-state index contributed by atoms with van der Waals surface area (Å²) in [5, 5.41) is 1.25. The lowest BCUT2D eigenvalue weighted by atomic mass is 9.94. The van der Waals surface area contributed by atoms with Crippen molar-refractivity contribution in [3.63, 3.8) is 0 Å². The molecule has 128 valence electrons. The molecule has 4 rings (SSSR count). The van der Waals surface area contributed by atoms with E-state index < -0.39 is 0 Å². The molecule has 1 unspecified atom stereocenters. The zero-order chi connectivity index (χ0) is 17.2. The lowest BCUT2D eigenvalue weighted by Gasteiger charge is -2.32. The van der Waals surface area contributed by atoms with Crippen molar-refractivity contribution in [3.8, 4) is 0 Å². The highest BCUT2D eigenvalue weighted by Gasteiger charge is 2.26. The van der Waals surface area contributed by atoms with Crippen LogP contribution in [0.2, 0.25) is 0 Å². The first-order chi connectivity index (χ1) is 12.2. The van der Waals surface area contributed by atoms with Gasteiger partial charge in [0.15, 0.2) is 0 Å². The van der Waals surface area contributed by atoms with E-state index in [1.807, 2.05) is 17.0 Å². The minimum absolute atomic E-state index is 0.245. The van der Waals surface area contributed by atoms with Gasteiger partial charge in [0, 0.05) is 30.2 Å². The Morgan fingerprint density at radius 1 is 1.16 bits per heavy atom. The Hall–Kier alpha value is -2.55. The number of rotatable bonds is 3. The van der Waals surface area contributed by atoms with Crippen molar-refractivity contribution in [3.05, 3.63) is 71.4 Å². The number of carbonyl (C=O) groups excluding carboxylic acids is 1. The van der Waals surface area contributed by atoms with Crippen LogP contribution < -0.4 is 0 Å². The van der Waals surface area contributed by atoms with Gasteiger partial charge in [0.25, 0.3) is 0 Å². The highest BCUT2D eigenvalue weighted by molar-refractivity contribution is 5.81. The van der Waals surface area contributed by atoms with Crippen molar-refractivity contribution in [2.75, 3.05) is 13.1 Å². The summed E-state index contributed by atoms with van der Waals surface area (Å²) >= 11 is 0. The molecule has 0 saturated carbocycles. The molecule has 2 aromatic carbocycles. The first kappa shape index (κ1) is 15.9. The first-order valence-electron chi connectivity index (χ1n) is 9.10. The van der Waals surface area contributed by atoms with E-state index in [1.165, 1.54) is 22.2 Å². The first-order valence-corrected chi connectivity index (χ1v) is 9.10. The average Bonchev–Trinajstić information content (AvgIpc) is 3.08. The number of nitrogens with one attached hydrogen (secondary N) is 1. The molecular formula is C22H24N2O. The van der Waals surface area contributed by atoms with E-state index in [2.05, 4.69) is 54.4 Å². The van der Waals surface area contributed by atoms with Gasteiger partial charge in [-0.15, -0.1) is 0 Å². The zero-order valence-corrected chi connectivity index (χ0v) is 14.7. The normalized spacial score (nSPS) is 17.8. The van der Waals surface area contributed by atoms with E-state index in [9.17, 15) is 4.79 Å². The molecule has 1 atom stereocenters. The Morgan fingerprint density at radius 3 is 2.80 bits per heavy atom. The van der Waals surface area contributed by atoms with E-state index in [0.717, 1.165) is 31.5 Å². The Balaban J connectivity index is 1.48. The molecular weight excluding hydrogens is 308 g/mol. The number of nitrogens with zero attached hydrogens (tertiary/aromatic N) is 1. The molecule has 3 nitrogen and oxygen atoms in total. The maximum Gasteiger partial charge on any atom is 0.227 e. The molecule has 25 heavy (non-hydrogen) atoms. The van der Waals surface area contributed by atoms with Crippen molar-refractivity contribution in [2.24, 2.45) is 0 Å². The number of hydrogen-bond acceptors (Lipinski definition) is 1. The fourth-order valence-electron chi connectivity index (χ4n) is 3.86. The highest BCUT2D eigenvalue weighted by atomic mass is 16.2. The fraction of sp³-hybridized carbons (Fsp3) is 0.318. The van der Waals surface area contributed by atoms with Crippen molar-refractivity contribution in [1.29, 1.82) is 0 Å². The standard InChI is InChI=1S/C22H24N2O/c1-16-7-2-3-8-17(16)14-22(25)24-12-6-10-19(15-24)21-13-18-9-4-5-11-20(18)23-21/h2-5,7-9,11,13,19,23H,6,10,12,14-15H2,1H3. The molecule has 0 radical (unpaired) electrons. The third kappa shape index (κ3) is 3.32. The maximum atomic E-state index is 12.8. The topological polar surface area (TPSA) is 36.1 Å². The molecule has 0 spiro atoms. The Labute approximate surface area is 148 Å². The van der Waals surface area contributed by atoms with Crippen LogP contribution in [0.4, 0.5) is 0 Å². The second kappa shape index (κ2) is 6.75. The average molecular weight is 332 g/mol. The summed E-state index contributed by atoms with van der Waals surface area (Å²) in [7, 11) is 0. The largest absolute Gasteiger partial charge is 0.358 e. The Morgan fingerprint density at radius 2 is 1.96 bits per heavy atom. The van der Waals surface area contributed by atoms with E-state index in [1.54, 1.807) is 0 Å². The van der Waals surface area contributed by atoms with E-state index >= 15 is 0 Å². The van der Waals surface area contributed by atoms with Gasteiger partial charge in [0.2, 0.25) is 5.91 Å². The molecule has 1 amide bonds. The van der Waals surface area contributed by atoms with Gasteiger partial charge >= 0.3 is 0 Å². The molecule has 1 saturated heterocycles. The van der Waals surface area contributed by atoms with Gasteiger partial charge in [-0.25, -0.2) is 0 Å². The van der Waals surface area contributed by atoms with Crippen molar-refractivity contribution in [2.45, 2.75) is 32.1 Å². The molecule has 0 aliphatic carbocycles. The van der Waals surface area contributed by atoms with Gasteiger partial charge in [-0.1, -0.05) is 42.5 Å². The third-order valence-electron chi connectivity index (χ3n) is 5.37. The second-order valence-corrected chi connectivity index (χ2v) is 7.09. The Kier molecular flexibility index (Phi) is 4.31. The number of aromatic nitrogens is 1. The SMILES string of the molecule is Cc1ccccc1CC(=O)N1CCCC(c2cc3ccccc3[nH]2)C1. The minimum Gasteiger partial charge on any atom is -0.358 e. The van der Waals surface area contributed by atoms with Crippen molar-refractivity contribution in [1.82, 2.24) is 9.88 Å². The van der Waals surface area contributed by atoms with Gasteiger partial charge < -0.3 is 9.88 Å². The number of piperidine rings is 1. The number of fused-ring (bicyclic) bond motifs is 1. The van der Waals surface area contributed by atoms with Gasteiger partial charge in [-0.2, -0.15) is 0 Å². The van der Waals surface area contributed by atoms with Gasteiger partial charge in [-0.05, 0) is 48.4 Å². The van der Waals surface area contributed by atoms with Gasteiger partial charge in [0.05, 0.1) is 6.42 Å². The van der Waals surface area contributed by atoms with Crippen LogP contribution in [-0.2, 0) is 11.2 Å². The summed E-state index contributed by atoms with van der Waals surface area (Å²) in [6.07, 6.45) is 2.71. The maximum absolute atomic E-state index is 12.8. The number of aromatic amines is 1. The van der Waals surface area contributed by atoms with Crippen LogP contribution in [0.1, 0.15) is 35.6 Å². The molecule has 1 aliphatic heterocycles. The van der Waals surface area contributed by atoms with E-state index in [-0.39, 0.29) is 5.91 Å². The molecule has 3 aromatic rings. The molecule has 3 heteroatoms. The van der Waals surface area contributed by atoms with Crippen LogP contribution in [-0.4, -0.2) is 28.9 Å². The number of H-pyrrole nitrogens is 1.